The Bertz CT molecular complexity index is 504. The molecule has 0 bridgehead atoms. The van der Waals surface area contributed by atoms with Crippen LogP contribution in [0.15, 0.2) is 71.3 Å². The molecule has 0 saturated heterocycles. The zero-order valence-corrected chi connectivity index (χ0v) is 11.0. The zero-order chi connectivity index (χ0) is 14.3. The van der Waals surface area contributed by atoms with Crippen molar-refractivity contribution in [3.05, 3.63) is 61.3 Å². The number of ether oxygens (including phenoxy) is 1. The van der Waals surface area contributed by atoms with Crippen molar-refractivity contribution < 1.29 is 4.74 Å². The first kappa shape index (κ1) is 15.2. The lowest BCUT2D eigenvalue weighted by molar-refractivity contribution is 0.290. The van der Waals surface area contributed by atoms with Gasteiger partial charge in [0.05, 0.1) is 12.8 Å². The molecule has 0 saturated carbocycles. The number of nitrogens with zero attached hydrogens (tertiary/aromatic N) is 4. The Hall–Kier alpha value is -2.87. The maximum Gasteiger partial charge on any atom is 0.184 e. The van der Waals surface area contributed by atoms with E-state index < -0.39 is 0 Å². The smallest absolute Gasteiger partial charge is 0.184 e. The lowest BCUT2D eigenvalue weighted by Gasteiger charge is -2.03. The number of nitriles is 1. The minimum absolute atomic E-state index is 0.394. The minimum Gasteiger partial charge on any atom is -0.497 e. The molecule has 0 radical (unpaired) electrons. The van der Waals surface area contributed by atoms with E-state index in [1.807, 2.05) is 24.4 Å². The second-order valence-electron chi connectivity index (χ2n) is 3.50. The highest BCUT2D eigenvalue weighted by atomic mass is 16.5. The van der Waals surface area contributed by atoms with E-state index in [0.29, 0.717) is 13.2 Å². The molecule has 0 aromatic heterocycles. The van der Waals surface area contributed by atoms with Gasteiger partial charge < -0.3 is 4.74 Å². The van der Waals surface area contributed by atoms with Gasteiger partial charge in [0.25, 0.3) is 0 Å². The average Bonchev–Trinajstić information content (AvgIpc) is 2.47. The topological polar surface area (TPSA) is 61.0 Å². The van der Waals surface area contributed by atoms with Crippen LogP contribution in [0.2, 0.25) is 0 Å². The molecule has 1 aliphatic rings. The zero-order valence-electron chi connectivity index (χ0n) is 11.0. The van der Waals surface area contributed by atoms with Gasteiger partial charge in [0.2, 0.25) is 0 Å². The standard InChI is InChI=1S/C15H16N4O/c16-15-19-11-9-17-7-3-1-2-5-13-20-14-6-4-8-18-10-12-19/h1-11,14H,12-13H2/b3-1+,5-2-,8-4-,11-9-,14-6+,17-7+,18-10+. The molecule has 0 spiro atoms. The summed E-state index contributed by atoms with van der Waals surface area (Å²) in [7, 11) is 0. The molecule has 20 heavy (non-hydrogen) atoms. The molecule has 0 unspecified atom stereocenters. The summed E-state index contributed by atoms with van der Waals surface area (Å²) in [4.78, 5) is 9.46. The van der Waals surface area contributed by atoms with E-state index in [2.05, 4.69) is 9.98 Å². The number of hydrogen-bond donors (Lipinski definition) is 0. The summed E-state index contributed by atoms with van der Waals surface area (Å²) in [5.41, 5.74) is 0. The summed E-state index contributed by atoms with van der Waals surface area (Å²) in [6.07, 6.45) is 22.5. The quantitative estimate of drug-likeness (QED) is 0.634. The Balaban J connectivity index is 2.67. The van der Waals surface area contributed by atoms with Gasteiger partial charge in [-0.3, -0.25) is 14.9 Å². The van der Waals surface area contributed by atoms with Crippen molar-refractivity contribution in [3.8, 4) is 6.19 Å². The molecule has 0 aliphatic carbocycles. The van der Waals surface area contributed by atoms with Crippen molar-refractivity contribution in [3.63, 3.8) is 0 Å². The Morgan fingerprint density at radius 2 is 2.00 bits per heavy atom. The van der Waals surface area contributed by atoms with Crippen molar-refractivity contribution in [1.29, 1.82) is 5.26 Å². The largest absolute Gasteiger partial charge is 0.497 e. The van der Waals surface area contributed by atoms with Crippen LogP contribution in [-0.4, -0.2) is 30.5 Å². The summed E-state index contributed by atoms with van der Waals surface area (Å²) in [5.74, 6) is 0. The normalized spacial score (nSPS) is 27.6. The van der Waals surface area contributed by atoms with Gasteiger partial charge in [-0.05, 0) is 24.3 Å². The van der Waals surface area contributed by atoms with Crippen LogP contribution in [0.4, 0.5) is 0 Å². The van der Waals surface area contributed by atoms with Crippen LogP contribution >= 0.6 is 0 Å². The van der Waals surface area contributed by atoms with Crippen molar-refractivity contribution >= 4 is 12.4 Å². The van der Waals surface area contributed by atoms with Crippen molar-refractivity contribution in [2.45, 2.75) is 0 Å². The fourth-order valence-electron chi connectivity index (χ4n) is 1.11. The van der Waals surface area contributed by atoms with E-state index in [1.165, 1.54) is 4.90 Å². The van der Waals surface area contributed by atoms with E-state index in [4.69, 9.17) is 10.00 Å². The number of rotatable bonds is 0. The predicted octanol–water partition coefficient (Wildman–Crippen LogP) is 2.55. The molecule has 5 nitrogen and oxygen atoms in total. The maximum atomic E-state index is 8.89. The molecule has 5 heteroatoms. The third-order valence-corrected chi connectivity index (χ3v) is 2.03. The van der Waals surface area contributed by atoms with E-state index in [1.54, 1.807) is 55.5 Å². The molecule has 0 aromatic carbocycles. The summed E-state index contributed by atoms with van der Waals surface area (Å²) in [6, 6.07) is 0. The Labute approximate surface area is 118 Å². The van der Waals surface area contributed by atoms with Gasteiger partial charge in [-0.1, -0.05) is 12.2 Å². The third-order valence-electron chi connectivity index (χ3n) is 2.03. The molecule has 102 valence electrons. The fourth-order valence-corrected chi connectivity index (χ4v) is 1.11. The van der Waals surface area contributed by atoms with Gasteiger partial charge in [-0.25, -0.2) is 0 Å². The van der Waals surface area contributed by atoms with Gasteiger partial charge in [0.15, 0.2) is 6.19 Å². The Kier molecular flexibility index (Phi) is 8.53. The fraction of sp³-hybridized carbons (Fsp3) is 0.133. The first-order valence-corrected chi connectivity index (χ1v) is 6.06. The monoisotopic (exact) mass is 268 g/mol. The minimum atomic E-state index is 0.394. The van der Waals surface area contributed by atoms with Gasteiger partial charge in [-0.2, -0.15) is 5.26 Å². The average molecular weight is 268 g/mol. The molecular formula is C15H16N4O. The molecule has 1 rings (SSSR count). The van der Waals surface area contributed by atoms with Gasteiger partial charge in [0, 0.05) is 31.0 Å². The van der Waals surface area contributed by atoms with E-state index in [0.717, 1.165) is 0 Å². The molecular weight excluding hydrogens is 252 g/mol. The van der Waals surface area contributed by atoms with Crippen LogP contribution in [0.25, 0.3) is 0 Å². The van der Waals surface area contributed by atoms with Crippen LogP contribution in [0, 0.1) is 11.5 Å². The molecule has 1 aliphatic heterocycles. The molecule has 0 N–H and O–H groups in total. The van der Waals surface area contributed by atoms with Crippen molar-refractivity contribution in [1.82, 2.24) is 4.90 Å². The van der Waals surface area contributed by atoms with Crippen LogP contribution in [0.5, 0.6) is 0 Å². The van der Waals surface area contributed by atoms with Crippen molar-refractivity contribution in [2.24, 2.45) is 9.98 Å². The second-order valence-corrected chi connectivity index (χ2v) is 3.50. The van der Waals surface area contributed by atoms with Crippen LogP contribution < -0.4 is 0 Å². The Morgan fingerprint density at radius 3 is 2.90 bits per heavy atom. The van der Waals surface area contributed by atoms with Gasteiger partial charge in [-0.15, -0.1) is 0 Å². The lowest BCUT2D eigenvalue weighted by Crippen LogP contribution is -2.12. The second kappa shape index (κ2) is 11.2. The van der Waals surface area contributed by atoms with Crippen molar-refractivity contribution in [2.75, 3.05) is 13.2 Å². The van der Waals surface area contributed by atoms with Gasteiger partial charge in [0.1, 0.15) is 6.61 Å². The molecule has 0 fully saturated rings. The first-order valence-electron chi connectivity index (χ1n) is 6.06. The summed E-state index contributed by atoms with van der Waals surface area (Å²) < 4.78 is 5.21. The summed E-state index contributed by atoms with van der Waals surface area (Å²) in [6.45, 7) is 0.901. The highest BCUT2D eigenvalue weighted by molar-refractivity contribution is 5.72. The molecule has 0 amide bonds. The highest BCUT2D eigenvalue weighted by Crippen LogP contribution is 1.88. The first-order chi connectivity index (χ1) is 9.93. The highest BCUT2D eigenvalue weighted by Gasteiger charge is 1.90. The summed E-state index contributed by atoms with van der Waals surface area (Å²) >= 11 is 0. The van der Waals surface area contributed by atoms with Crippen LogP contribution in [0.1, 0.15) is 0 Å². The van der Waals surface area contributed by atoms with Gasteiger partial charge >= 0.3 is 0 Å². The molecule has 1 heterocycles. The van der Waals surface area contributed by atoms with E-state index >= 15 is 0 Å². The van der Waals surface area contributed by atoms with E-state index in [9.17, 15) is 0 Å². The van der Waals surface area contributed by atoms with Crippen LogP contribution in [0.3, 0.4) is 0 Å². The number of hydrogen-bond acceptors (Lipinski definition) is 5. The van der Waals surface area contributed by atoms with Crippen LogP contribution in [-0.2, 0) is 4.74 Å². The SMILES string of the molecule is N#CN1\C=C/N=C/C=C/C=C\CO/C=C/C=C\N=C\C1. The maximum absolute atomic E-state index is 8.89. The summed E-state index contributed by atoms with van der Waals surface area (Å²) in [5, 5.41) is 8.89. The lowest BCUT2D eigenvalue weighted by atomic mass is 10.4. The predicted molar refractivity (Wildman–Crippen MR) is 81.0 cm³/mol. The third kappa shape index (κ3) is 8.25. The number of allylic oxidation sites excluding steroid dienone is 5. The van der Waals surface area contributed by atoms with E-state index in [-0.39, 0.29) is 0 Å². The molecule has 0 aromatic rings. The Morgan fingerprint density at radius 1 is 1.05 bits per heavy atom. The number of aliphatic imine (C=N–C) groups is 2. The molecule has 0 atom stereocenters.